The third kappa shape index (κ3) is 3.72. The maximum atomic E-state index is 12.5. The average molecular weight is 343 g/mol. The highest BCUT2D eigenvalue weighted by Crippen LogP contribution is 2.16. The number of benzene rings is 1. The van der Waals surface area contributed by atoms with Gasteiger partial charge in [-0.25, -0.2) is 0 Å². The first-order valence-electron chi connectivity index (χ1n) is 8.11. The summed E-state index contributed by atoms with van der Waals surface area (Å²) in [6.45, 7) is 2.20. The number of β-amino-alcohol motifs (C(OH)–C–C–N with tert-alkyl or cyclic N) is 1. The zero-order chi connectivity index (χ0) is 18.0. The Labute approximate surface area is 145 Å². The summed E-state index contributed by atoms with van der Waals surface area (Å²) in [4.78, 5) is 29.1. The van der Waals surface area contributed by atoms with Gasteiger partial charge in [-0.3, -0.25) is 9.59 Å². The quantitative estimate of drug-likeness (QED) is 0.646. The van der Waals surface area contributed by atoms with E-state index in [1.807, 2.05) is 6.92 Å². The van der Waals surface area contributed by atoms with E-state index >= 15 is 0 Å². The van der Waals surface area contributed by atoms with Crippen molar-refractivity contribution in [2.75, 3.05) is 13.1 Å². The van der Waals surface area contributed by atoms with E-state index in [0.29, 0.717) is 11.3 Å². The average Bonchev–Trinajstić information content (AvgIpc) is 3.20. The van der Waals surface area contributed by atoms with Gasteiger partial charge in [-0.2, -0.15) is 0 Å². The smallest absolute Gasteiger partial charge is 0.268 e. The summed E-state index contributed by atoms with van der Waals surface area (Å²) in [6.07, 6.45) is 0.909. The molecule has 1 aromatic heterocycles. The molecule has 3 rings (SSSR count). The zero-order valence-electron chi connectivity index (χ0n) is 13.9. The van der Waals surface area contributed by atoms with Crippen LogP contribution < -0.4 is 5.32 Å². The van der Waals surface area contributed by atoms with E-state index in [-0.39, 0.29) is 31.5 Å². The number of nitrogens with zero attached hydrogens (tertiary/aromatic N) is 1. The normalized spacial score (nSPS) is 19.9. The van der Waals surface area contributed by atoms with Gasteiger partial charge < -0.3 is 25.4 Å². The minimum atomic E-state index is -0.819. The predicted molar refractivity (Wildman–Crippen MR) is 91.1 cm³/mol. The first-order valence-corrected chi connectivity index (χ1v) is 8.11. The van der Waals surface area contributed by atoms with Crippen molar-refractivity contribution < 1.29 is 19.8 Å². The molecule has 0 spiro atoms. The Bertz CT molecular complexity index is 769. The maximum Gasteiger partial charge on any atom is 0.268 e. The molecule has 2 atom stereocenters. The van der Waals surface area contributed by atoms with Crippen LogP contribution in [0.25, 0.3) is 0 Å². The SMILES string of the molecule is Cc1c[nH]c(C(=O)N[C@@H]2CN(C(=O)c3ccc(CO)cc3)C[C@H]2O)c1. The molecule has 1 aromatic carbocycles. The Morgan fingerprint density at radius 1 is 1.28 bits per heavy atom. The lowest BCUT2D eigenvalue weighted by Crippen LogP contribution is -2.43. The van der Waals surface area contributed by atoms with Crippen LogP contribution in [0.5, 0.6) is 0 Å². The van der Waals surface area contributed by atoms with Crippen LogP contribution in [-0.4, -0.2) is 57.1 Å². The number of hydrogen-bond donors (Lipinski definition) is 4. The number of aromatic amines is 1. The lowest BCUT2D eigenvalue weighted by molar-refractivity contribution is 0.0765. The molecule has 0 bridgehead atoms. The van der Waals surface area contributed by atoms with Gasteiger partial charge in [0.05, 0.1) is 18.8 Å². The second-order valence-electron chi connectivity index (χ2n) is 6.30. The molecule has 2 heterocycles. The van der Waals surface area contributed by atoms with E-state index in [0.717, 1.165) is 11.1 Å². The van der Waals surface area contributed by atoms with E-state index in [1.54, 1.807) is 36.5 Å². The van der Waals surface area contributed by atoms with Crippen molar-refractivity contribution in [3.8, 4) is 0 Å². The van der Waals surface area contributed by atoms with Crippen LogP contribution in [-0.2, 0) is 6.61 Å². The summed E-state index contributed by atoms with van der Waals surface area (Å²) in [5.74, 6) is -0.519. The fourth-order valence-corrected chi connectivity index (χ4v) is 2.91. The number of nitrogens with one attached hydrogen (secondary N) is 2. The number of likely N-dealkylation sites (tertiary alicyclic amines) is 1. The molecule has 2 aromatic rings. The highest BCUT2D eigenvalue weighted by Gasteiger charge is 2.35. The van der Waals surface area contributed by atoms with Gasteiger partial charge >= 0.3 is 0 Å². The summed E-state index contributed by atoms with van der Waals surface area (Å²) in [5.41, 5.74) is 2.58. The molecule has 0 unspecified atom stereocenters. The summed E-state index contributed by atoms with van der Waals surface area (Å²) >= 11 is 0. The Morgan fingerprint density at radius 2 is 2.00 bits per heavy atom. The monoisotopic (exact) mass is 343 g/mol. The van der Waals surface area contributed by atoms with Gasteiger partial charge in [-0.15, -0.1) is 0 Å². The van der Waals surface area contributed by atoms with Gasteiger partial charge in [-0.1, -0.05) is 12.1 Å². The molecule has 4 N–H and O–H groups in total. The number of rotatable bonds is 4. The number of aryl methyl sites for hydroxylation is 1. The topological polar surface area (TPSA) is 106 Å². The Morgan fingerprint density at radius 3 is 2.60 bits per heavy atom. The van der Waals surface area contributed by atoms with Crippen molar-refractivity contribution in [2.24, 2.45) is 0 Å². The molecule has 25 heavy (non-hydrogen) atoms. The van der Waals surface area contributed by atoms with Gasteiger partial charge in [0, 0.05) is 24.8 Å². The molecule has 2 amide bonds. The number of aliphatic hydroxyl groups is 2. The van der Waals surface area contributed by atoms with Crippen molar-refractivity contribution in [1.29, 1.82) is 0 Å². The number of aromatic nitrogens is 1. The Balaban J connectivity index is 1.64. The van der Waals surface area contributed by atoms with Crippen molar-refractivity contribution in [3.05, 3.63) is 58.9 Å². The van der Waals surface area contributed by atoms with Gasteiger partial charge in [0.2, 0.25) is 0 Å². The maximum absolute atomic E-state index is 12.5. The molecule has 1 aliphatic heterocycles. The van der Waals surface area contributed by atoms with Crippen molar-refractivity contribution in [2.45, 2.75) is 25.7 Å². The number of carbonyl (C=O) groups excluding carboxylic acids is 2. The molecule has 1 fully saturated rings. The summed E-state index contributed by atoms with van der Waals surface area (Å²) in [5, 5.41) is 22.0. The third-order valence-electron chi connectivity index (χ3n) is 4.35. The molecule has 132 valence electrons. The molecular formula is C18H21N3O4. The molecule has 0 saturated carbocycles. The van der Waals surface area contributed by atoms with Crippen LogP contribution >= 0.6 is 0 Å². The van der Waals surface area contributed by atoms with E-state index in [9.17, 15) is 14.7 Å². The highest BCUT2D eigenvalue weighted by atomic mass is 16.3. The van der Waals surface area contributed by atoms with Crippen molar-refractivity contribution in [1.82, 2.24) is 15.2 Å². The van der Waals surface area contributed by atoms with Gasteiger partial charge in [0.1, 0.15) is 5.69 Å². The minimum absolute atomic E-state index is 0.0801. The predicted octanol–water partition coefficient (Wildman–Crippen LogP) is 0.431. The van der Waals surface area contributed by atoms with Crippen LogP contribution in [0, 0.1) is 6.92 Å². The van der Waals surface area contributed by atoms with Gasteiger partial charge in [0.15, 0.2) is 0 Å². The van der Waals surface area contributed by atoms with Crippen LogP contribution in [0.2, 0.25) is 0 Å². The molecular weight excluding hydrogens is 322 g/mol. The van der Waals surface area contributed by atoms with Crippen LogP contribution in [0.3, 0.4) is 0 Å². The molecule has 1 aliphatic rings. The number of aliphatic hydroxyl groups excluding tert-OH is 2. The Kier molecular flexibility index (Phi) is 4.87. The number of amides is 2. The molecule has 7 nitrogen and oxygen atoms in total. The second-order valence-corrected chi connectivity index (χ2v) is 6.30. The fourth-order valence-electron chi connectivity index (χ4n) is 2.91. The number of hydrogen-bond acceptors (Lipinski definition) is 4. The molecule has 0 radical (unpaired) electrons. The number of H-pyrrole nitrogens is 1. The summed E-state index contributed by atoms with van der Waals surface area (Å²) in [6, 6.07) is 7.88. The lowest BCUT2D eigenvalue weighted by atomic mass is 10.1. The van der Waals surface area contributed by atoms with Crippen LogP contribution in [0.4, 0.5) is 0 Å². The summed E-state index contributed by atoms with van der Waals surface area (Å²) in [7, 11) is 0. The Hall–Kier alpha value is -2.64. The molecule has 0 aliphatic carbocycles. The third-order valence-corrected chi connectivity index (χ3v) is 4.35. The number of carbonyl (C=O) groups is 2. The van der Waals surface area contributed by atoms with E-state index in [1.165, 1.54) is 4.90 Å². The summed E-state index contributed by atoms with van der Waals surface area (Å²) < 4.78 is 0. The van der Waals surface area contributed by atoms with Crippen LogP contribution in [0.1, 0.15) is 32.0 Å². The first kappa shape index (κ1) is 17.2. The van der Waals surface area contributed by atoms with Crippen molar-refractivity contribution >= 4 is 11.8 Å². The fraction of sp³-hybridized carbons (Fsp3) is 0.333. The van der Waals surface area contributed by atoms with Gasteiger partial charge in [0.25, 0.3) is 11.8 Å². The zero-order valence-corrected chi connectivity index (χ0v) is 13.9. The molecule has 7 heteroatoms. The van der Waals surface area contributed by atoms with E-state index in [4.69, 9.17) is 5.11 Å². The molecule has 1 saturated heterocycles. The second kappa shape index (κ2) is 7.08. The standard InChI is InChI=1S/C18H21N3O4/c1-11-6-14(19-7-11)17(24)20-15-8-21(9-16(15)23)18(25)13-4-2-12(10-22)3-5-13/h2-7,15-16,19,22-23H,8-10H2,1H3,(H,20,24)/t15-,16-/m1/s1. The van der Waals surface area contributed by atoms with E-state index < -0.39 is 12.1 Å². The van der Waals surface area contributed by atoms with Gasteiger partial charge in [-0.05, 0) is 36.2 Å². The van der Waals surface area contributed by atoms with Crippen molar-refractivity contribution in [3.63, 3.8) is 0 Å². The first-order chi connectivity index (χ1) is 12.0. The lowest BCUT2D eigenvalue weighted by Gasteiger charge is -2.17. The largest absolute Gasteiger partial charge is 0.392 e. The van der Waals surface area contributed by atoms with E-state index in [2.05, 4.69) is 10.3 Å². The van der Waals surface area contributed by atoms with Crippen LogP contribution in [0.15, 0.2) is 36.5 Å². The highest BCUT2D eigenvalue weighted by molar-refractivity contribution is 5.95. The minimum Gasteiger partial charge on any atom is -0.392 e.